The summed E-state index contributed by atoms with van der Waals surface area (Å²) in [4.78, 5) is 16.1. The maximum atomic E-state index is 11.1. The number of carbonyl (C=O) groups excluding carboxylic acids is 1. The first-order valence-corrected chi connectivity index (χ1v) is 3.71. The van der Waals surface area contributed by atoms with E-state index in [0.717, 1.165) is 0 Å². The van der Waals surface area contributed by atoms with Gasteiger partial charge in [0.25, 0.3) is 5.82 Å². The molecule has 1 aromatic heterocycles. The summed E-state index contributed by atoms with van der Waals surface area (Å²) in [5.74, 6) is -0.576. The van der Waals surface area contributed by atoms with Crippen LogP contribution in [0.3, 0.4) is 0 Å². The molecule has 7 heteroatoms. The van der Waals surface area contributed by atoms with Crippen molar-refractivity contribution in [2.45, 2.75) is 26.4 Å². The minimum absolute atomic E-state index is 0.0516. The number of rotatable bonds is 2. The van der Waals surface area contributed by atoms with Gasteiger partial charge in [-0.15, -0.1) is 10.2 Å². The van der Waals surface area contributed by atoms with Gasteiger partial charge in [-0.1, -0.05) is 0 Å². The zero-order valence-corrected chi connectivity index (χ0v) is 7.66. The third kappa shape index (κ3) is 3.16. The van der Waals surface area contributed by atoms with Gasteiger partial charge in [0.15, 0.2) is 0 Å². The molecule has 0 saturated carbocycles. The Morgan fingerprint density at radius 3 is 2.69 bits per heavy atom. The second kappa shape index (κ2) is 3.48. The Morgan fingerprint density at radius 1 is 1.54 bits per heavy atom. The number of aromatic nitrogens is 4. The van der Waals surface area contributed by atoms with Crippen molar-refractivity contribution in [1.29, 1.82) is 0 Å². The maximum absolute atomic E-state index is 11.1. The van der Waals surface area contributed by atoms with Gasteiger partial charge >= 0.3 is 5.91 Å². The third-order valence-electron chi connectivity index (χ3n) is 0.998. The smallest absolute Gasteiger partial charge is 0.268 e. The van der Waals surface area contributed by atoms with Crippen LogP contribution in [-0.4, -0.2) is 32.1 Å². The molecule has 72 valence electrons. The molecule has 0 saturated heterocycles. The first kappa shape index (κ1) is 9.59. The van der Waals surface area contributed by atoms with E-state index >= 15 is 0 Å². The molecule has 0 aliphatic rings. The van der Waals surface area contributed by atoms with E-state index in [9.17, 15) is 4.79 Å². The van der Waals surface area contributed by atoms with Crippen LogP contribution in [0.2, 0.25) is 0 Å². The van der Waals surface area contributed by atoms with E-state index in [1.54, 1.807) is 0 Å². The number of tetrazole rings is 1. The number of hydrogen-bond donors (Lipinski definition) is 2. The predicted molar refractivity (Wildman–Crippen MR) is 42.5 cm³/mol. The molecule has 0 aliphatic heterocycles. The lowest BCUT2D eigenvalue weighted by Crippen LogP contribution is -2.34. The van der Waals surface area contributed by atoms with Gasteiger partial charge in [-0.3, -0.25) is 9.63 Å². The van der Waals surface area contributed by atoms with E-state index in [1.165, 1.54) is 0 Å². The highest BCUT2D eigenvalue weighted by Gasteiger charge is 2.16. The molecule has 0 atom stereocenters. The first-order chi connectivity index (χ1) is 5.99. The molecule has 0 bridgehead atoms. The van der Waals surface area contributed by atoms with Gasteiger partial charge < -0.3 is 0 Å². The lowest BCUT2D eigenvalue weighted by atomic mass is 10.2. The predicted octanol–water partition coefficient (Wildman–Crippen LogP) is -0.340. The van der Waals surface area contributed by atoms with Crippen molar-refractivity contribution in [2.75, 3.05) is 0 Å². The Bertz CT molecular complexity index is 276. The molecule has 7 nitrogen and oxygen atoms in total. The van der Waals surface area contributed by atoms with Gasteiger partial charge in [-0.25, -0.2) is 5.48 Å². The van der Waals surface area contributed by atoms with Crippen molar-refractivity contribution in [2.24, 2.45) is 0 Å². The van der Waals surface area contributed by atoms with Crippen LogP contribution in [0.1, 0.15) is 31.4 Å². The number of hydrogen-bond acceptors (Lipinski definition) is 5. The van der Waals surface area contributed by atoms with Crippen LogP contribution < -0.4 is 5.48 Å². The van der Waals surface area contributed by atoms with Crippen LogP contribution in [0, 0.1) is 0 Å². The van der Waals surface area contributed by atoms with Gasteiger partial charge in [0.2, 0.25) is 0 Å². The average molecular weight is 185 g/mol. The molecule has 1 heterocycles. The van der Waals surface area contributed by atoms with Crippen LogP contribution in [0.25, 0.3) is 0 Å². The molecule has 13 heavy (non-hydrogen) atoms. The lowest BCUT2D eigenvalue weighted by Gasteiger charge is -2.17. The van der Waals surface area contributed by atoms with Crippen LogP contribution >= 0.6 is 0 Å². The fourth-order valence-electron chi connectivity index (χ4n) is 0.503. The number of nitrogens with zero attached hydrogens (tertiary/aromatic N) is 3. The number of nitrogens with one attached hydrogen (secondary N) is 2. The van der Waals surface area contributed by atoms with E-state index in [4.69, 9.17) is 4.84 Å². The SMILES string of the molecule is CC(C)(C)ONC(=O)c1nn[nH]n1. The van der Waals surface area contributed by atoms with E-state index < -0.39 is 11.5 Å². The van der Waals surface area contributed by atoms with Gasteiger partial charge in [0.1, 0.15) is 0 Å². The molecule has 0 radical (unpaired) electrons. The largest absolute Gasteiger partial charge is 0.316 e. The topological polar surface area (TPSA) is 92.8 Å². The zero-order valence-electron chi connectivity index (χ0n) is 7.66. The molecule has 0 fully saturated rings. The normalized spacial score (nSPS) is 11.3. The van der Waals surface area contributed by atoms with Crippen LogP contribution in [0.4, 0.5) is 0 Å². The summed E-state index contributed by atoms with van der Waals surface area (Å²) in [6.07, 6.45) is 0. The van der Waals surface area contributed by atoms with Crippen LogP contribution in [-0.2, 0) is 4.84 Å². The highest BCUT2D eigenvalue weighted by atomic mass is 16.7. The fourth-order valence-corrected chi connectivity index (χ4v) is 0.503. The Labute approximate surface area is 74.8 Å². The molecule has 1 amide bonds. The Balaban J connectivity index is 2.44. The average Bonchev–Trinajstić information content (AvgIpc) is 2.50. The summed E-state index contributed by atoms with van der Waals surface area (Å²) in [6.45, 7) is 5.43. The van der Waals surface area contributed by atoms with Crippen molar-refractivity contribution in [3.05, 3.63) is 5.82 Å². The van der Waals surface area contributed by atoms with E-state index in [0.29, 0.717) is 0 Å². The van der Waals surface area contributed by atoms with Gasteiger partial charge in [-0.2, -0.15) is 5.21 Å². The Kier molecular flexibility index (Phi) is 2.57. The van der Waals surface area contributed by atoms with Gasteiger partial charge in [0, 0.05) is 0 Å². The first-order valence-electron chi connectivity index (χ1n) is 3.71. The quantitative estimate of drug-likeness (QED) is 0.615. The summed E-state index contributed by atoms with van der Waals surface area (Å²) in [7, 11) is 0. The summed E-state index contributed by atoms with van der Waals surface area (Å²) >= 11 is 0. The van der Waals surface area contributed by atoms with Crippen molar-refractivity contribution >= 4 is 5.91 Å². The zero-order chi connectivity index (χ0) is 9.90. The minimum Gasteiger partial charge on any atom is -0.268 e. The molecular weight excluding hydrogens is 174 g/mol. The van der Waals surface area contributed by atoms with E-state index in [1.807, 2.05) is 20.8 Å². The van der Waals surface area contributed by atoms with E-state index in [2.05, 4.69) is 26.1 Å². The second-order valence-electron chi connectivity index (χ2n) is 3.38. The lowest BCUT2D eigenvalue weighted by molar-refractivity contribution is -0.0593. The monoisotopic (exact) mass is 185 g/mol. The summed E-state index contributed by atoms with van der Waals surface area (Å²) in [5, 5.41) is 12.4. The molecular formula is C6H11N5O2. The standard InChI is InChI=1S/C6H11N5O2/c1-6(2,3)13-9-5(12)4-7-10-11-8-4/h1-3H3,(H,9,12)(H,7,8,10,11). The summed E-state index contributed by atoms with van der Waals surface area (Å²) < 4.78 is 0. The van der Waals surface area contributed by atoms with Crippen molar-refractivity contribution in [3.63, 3.8) is 0 Å². The van der Waals surface area contributed by atoms with Gasteiger partial charge in [-0.05, 0) is 26.0 Å². The van der Waals surface area contributed by atoms with Crippen LogP contribution in [0.5, 0.6) is 0 Å². The molecule has 1 aromatic rings. The Morgan fingerprint density at radius 2 is 2.23 bits per heavy atom. The minimum atomic E-state index is -0.524. The van der Waals surface area contributed by atoms with Crippen molar-refractivity contribution < 1.29 is 9.63 Å². The highest BCUT2D eigenvalue weighted by molar-refractivity contribution is 5.89. The van der Waals surface area contributed by atoms with Gasteiger partial charge in [0.05, 0.1) is 5.60 Å². The molecule has 2 N–H and O–H groups in total. The number of H-pyrrole nitrogens is 1. The highest BCUT2D eigenvalue weighted by Crippen LogP contribution is 2.03. The van der Waals surface area contributed by atoms with E-state index in [-0.39, 0.29) is 5.82 Å². The molecule has 0 unspecified atom stereocenters. The molecule has 0 aromatic carbocycles. The second-order valence-corrected chi connectivity index (χ2v) is 3.38. The fraction of sp³-hybridized carbons (Fsp3) is 0.667. The van der Waals surface area contributed by atoms with Crippen molar-refractivity contribution in [1.82, 2.24) is 26.1 Å². The van der Waals surface area contributed by atoms with Crippen LogP contribution in [0.15, 0.2) is 0 Å². The molecule has 1 rings (SSSR count). The number of hydroxylamine groups is 1. The maximum Gasteiger partial charge on any atom is 0.316 e. The Hall–Kier alpha value is -1.50. The molecule has 0 spiro atoms. The number of amides is 1. The number of aromatic amines is 1. The number of carbonyl (C=O) groups is 1. The summed E-state index contributed by atoms with van der Waals surface area (Å²) in [5.41, 5.74) is 1.76. The third-order valence-corrected chi connectivity index (χ3v) is 0.998. The molecule has 0 aliphatic carbocycles. The summed E-state index contributed by atoms with van der Waals surface area (Å²) in [6, 6.07) is 0. The van der Waals surface area contributed by atoms with Crippen molar-refractivity contribution in [3.8, 4) is 0 Å².